The molecule has 3 rings (SSSR count). The smallest absolute Gasteiger partial charge is 0.262 e. The van der Waals surface area contributed by atoms with Crippen LogP contribution in [0.25, 0.3) is 10.2 Å². The number of nitrogens with one attached hydrogen (secondary N) is 1. The zero-order valence-electron chi connectivity index (χ0n) is 15.9. The molecule has 2 aromatic heterocycles. The molecule has 0 saturated carbocycles. The zero-order chi connectivity index (χ0) is 19.7. The number of carbonyl (C=O) groups is 1. The second kappa shape index (κ2) is 7.74. The number of ether oxygens (including phenoxy) is 1. The van der Waals surface area contributed by atoms with E-state index in [-0.39, 0.29) is 17.2 Å². The van der Waals surface area contributed by atoms with Crippen molar-refractivity contribution in [1.82, 2.24) is 9.55 Å². The van der Waals surface area contributed by atoms with E-state index in [1.54, 1.807) is 14.2 Å². The predicted molar refractivity (Wildman–Crippen MR) is 111 cm³/mol. The van der Waals surface area contributed by atoms with Crippen LogP contribution in [0.4, 0.5) is 5.69 Å². The van der Waals surface area contributed by atoms with Crippen LogP contribution < -0.4 is 15.6 Å². The third kappa shape index (κ3) is 3.86. The molecule has 0 aliphatic rings. The molecule has 2 heterocycles. The van der Waals surface area contributed by atoms with Crippen molar-refractivity contribution in [3.05, 3.63) is 44.6 Å². The molecule has 0 radical (unpaired) electrons. The monoisotopic (exact) mass is 403 g/mol. The van der Waals surface area contributed by atoms with Gasteiger partial charge in [-0.15, -0.1) is 11.3 Å². The van der Waals surface area contributed by atoms with E-state index >= 15 is 0 Å². The van der Waals surface area contributed by atoms with E-state index in [2.05, 4.69) is 10.3 Å². The molecule has 0 bridgehead atoms. The molecule has 0 spiro atoms. The minimum Gasteiger partial charge on any atom is -0.495 e. The van der Waals surface area contributed by atoms with Gasteiger partial charge in [0.15, 0.2) is 5.16 Å². The highest BCUT2D eigenvalue weighted by Crippen LogP contribution is 2.29. The first-order chi connectivity index (χ1) is 12.8. The summed E-state index contributed by atoms with van der Waals surface area (Å²) in [6.45, 7) is 5.87. The van der Waals surface area contributed by atoms with Crippen LogP contribution in [0, 0.1) is 20.8 Å². The van der Waals surface area contributed by atoms with Gasteiger partial charge in [0, 0.05) is 11.9 Å². The summed E-state index contributed by atoms with van der Waals surface area (Å²) < 4.78 is 6.79. The molecule has 142 valence electrons. The standard InChI is InChI=1S/C19H21N3O3S2/c1-10-6-7-14(25-5)13(8-10)20-15(23)9-26-19-21-17-16(18(24)22(19)4)11(2)12(3)27-17/h6-8H,9H2,1-5H3,(H,20,23). The lowest BCUT2D eigenvalue weighted by Crippen LogP contribution is -2.21. The van der Waals surface area contributed by atoms with E-state index < -0.39 is 0 Å². The Labute approximate surface area is 165 Å². The summed E-state index contributed by atoms with van der Waals surface area (Å²) in [5, 5.41) is 4.05. The van der Waals surface area contributed by atoms with Gasteiger partial charge in [0.05, 0.1) is 23.9 Å². The molecule has 3 aromatic rings. The summed E-state index contributed by atoms with van der Waals surface area (Å²) in [5.74, 6) is 0.568. The van der Waals surface area contributed by atoms with Crippen LogP contribution in [-0.4, -0.2) is 28.3 Å². The van der Waals surface area contributed by atoms with Gasteiger partial charge in [0.2, 0.25) is 5.91 Å². The third-order valence-electron chi connectivity index (χ3n) is 4.33. The second-order valence-corrected chi connectivity index (χ2v) is 8.41. The number of methoxy groups -OCH3 is 1. The first kappa shape index (κ1) is 19.4. The Hall–Kier alpha value is -2.32. The van der Waals surface area contributed by atoms with Gasteiger partial charge in [0.25, 0.3) is 5.56 Å². The molecular weight excluding hydrogens is 382 g/mol. The van der Waals surface area contributed by atoms with Gasteiger partial charge in [-0.25, -0.2) is 4.98 Å². The number of amides is 1. The predicted octanol–water partition coefficient (Wildman–Crippen LogP) is 3.66. The van der Waals surface area contributed by atoms with Crippen LogP contribution in [-0.2, 0) is 11.8 Å². The molecule has 1 amide bonds. The van der Waals surface area contributed by atoms with Gasteiger partial charge < -0.3 is 10.1 Å². The van der Waals surface area contributed by atoms with Gasteiger partial charge in [-0.1, -0.05) is 17.8 Å². The van der Waals surface area contributed by atoms with Crippen LogP contribution in [0.1, 0.15) is 16.0 Å². The lowest BCUT2D eigenvalue weighted by Gasteiger charge is -2.11. The van der Waals surface area contributed by atoms with Gasteiger partial charge in [-0.2, -0.15) is 0 Å². The van der Waals surface area contributed by atoms with Crippen molar-refractivity contribution in [3.63, 3.8) is 0 Å². The van der Waals surface area contributed by atoms with Crippen LogP contribution >= 0.6 is 23.1 Å². The van der Waals surface area contributed by atoms with Crippen LogP contribution in [0.15, 0.2) is 28.2 Å². The minimum atomic E-state index is -0.184. The van der Waals surface area contributed by atoms with Crippen molar-refractivity contribution >= 4 is 44.9 Å². The largest absolute Gasteiger partial charge is 0.495 e. The molecule has 0 saturated heterocycles. The average Bonchev–Trinajstić information content (AvgIpc) is 2.91. The van der Waals surface area contributed by atoms with Crippen molar-refractivity contribution < 1.29 is 9.53 Å². The van der Waals surface area contributed by atoms with Gasteiger partial charge in [0.1, 0.15) is 10.6 Å². The number of aromatic nitrogens is 2. The highest BCUT2D eigenvalue weighted by Gasteiger charge is 2.16. The maximum atomic E-state index is 12.6. The van der Waals surface area contributed by atoms with E-state index in [0.29, 0.717) is 22.0 Å². The van der Waals surface area contributed by atoms with E-state index in [4.69, 9.17) is 4.74 Å². The lowest BCUT2D eigenvalue weighted by molar-refractivity contribution is -0.113. The third-order valence-corrected chi connectivity index (χ3v) is 6.46. The number of aryl methyl sites for hydroxylation is 3. The molecule has 8 heteroatoms. The number of hydrogen-bond acceptors (Lipinski definition) is 6. The van der Waals surface area contributed by atoms with E-state index in [1.165, 1.54) is 27.7 Å². The molecule has 0 aliphatic heterocycles. The number of anilines is 1. The highest BCUT2D eigenvalue weighted by molar-refractivity contribution is 7.99. The second-order valence-electron chi connectivity index (χ2n) is 6.26. The molecular formula is C19H21N3O3S2. The van der Waals surface area contributed by atoms with E-state index in [1.807, 2.05) is 39.0 Å². The fraction of sp³-hybridized carbons (Fsp3) is 0.316. The highest BCUT2D eigenvalue weighted by atomic mass is 32.2. The Bertz CT molecular complexity index is 1090. The van der Waals surface area contributed by atoms with Gasteiger partial charge >= 0.3 is 0 Å². The quantitative estimate of drug-likeness (QED) is 0.520. The minimum absolute atomic E-state index is 0.0786. The number of nitrogens with zero attached hydrogens (tertiary/aromatic N) is 2. The molecule has 0 aliphatic carbocycles. The maximum absolute atomic E-state index is 12.6. The number of hydrogen-bond donors (Lipinski definition) is 1. The summed E-state index contributed by atoms with van der Waals surface area (Å²) in [4.78, 5) is 31.4. The molecule has 0 atom stereocenters. The van der Waals surface area contributed by atoms with Gasteiger partial charge in [-0.3, -0.25) is 14.2 Å². The number of rotatable bonds is 5. The fourth-order valence-electron chi connectivity index (χ4n) is 2.72. The van der Waals surface area contributed by atoms with Crippen molar-refractivity contribution in [2.45, 2.75) is 25.9 Å². The molecule has 0 fully saturated rings. The first-order valence-corrected chi connectivity index (χ1v) is 10.2. The summed E-state index contributed by atoms with van der Waals surface area (Å²) in [6.07, 6.45) is 0. The lowest BCUT2D eigenvalue weighted by atomic mass is 10.2. The van der Waals surface area contributed by atoms with Crippen LogP contribution in [0.5, 0.6) is 5.75 Å². The number of carbonyl (C=O) groups excluding carboxylic acids is 1. The Morgan fingerprint density at radius 3 is 2.78 bits per heavy atom. The average molecular weight is 404 g/mol. The molecule has 6 nitrogen and oxygen atoms in total. The van der Waals surface area contributed by atoms with Crippen molar-refractivity contribution in [3.8, 4) is 5.75 Å². The van der Waals surface area contributed by atoms with Crippen LogP contribution in [0.3, 0.4) is 0 Å². The normalized spacial score (nSPS) is 11.0. The number of benzene rings is 1. The zero-order valence-corrected chi connectivity index (χ0v) is 17.5. The number of thiophene rings is 1. The van der Waals surface area contributed by atoms with Gasteiger partial charge in [-0.05, 0) is 44.0 Å². The summed E-state index contributed by atoms with van der Waals surface area (Å²) in [6, 6.07) is 5.60. The summed E-state index contributed by atoms with van der Waals surface area (Å²) in [5.41, 5.74) is 2.55. The molecule has 27 heavy (non-hydrogen) atoms. The molecule has 1 aromatic carbocycles. The fourth-order valence-corrected chi connectivity index (χ4v) is 4.56. The Morgan fingerprint density at radius 1 is 1.33 bits per heavy atom. The Balaban J connectivity index is 1.79. The van der Waals surface area contributed by atoms with Crippen molar-refractivity contribution in [2.75, 3.05) is 18.2 Å². The topological polar surface area (TPSA) is 73.2 Å². The number of thioether (sulfide) groups is 1. The Kier molecular flexibility index (Phi) is 5.57. The summed E-state index contributed by atoms with van der Waals surface area (Å²) in [7, 11) is 3.25. The first-order valence-electron chi connectivity index (χ1n) is 8.35. The number of fused-ring (bicyclic) bond motifs is 1. The Morgan fingerprint density at radius 2 is 2.07 bits per heavy atom. The maximum Gasteiger partial charge on any atom is 0.262 e. The SMILES string of the molecule is COc1ccc(C)cc1NC(=O)CSc1nc2sc(C)c(C)c2c(=O)n1C. The summed E-state index contributed by atoms with van der Waals surface area (Å²) >= 11 is 2.75. The molecule has 1 N–H and O–H groups in total. The molecule has 0 unspecified atom stereocenters. The van der Waals surface area contributed by atoms with E-state index in [0.717, 1.165) is 20.8 Å². The van der Waals surface area contributed by atoms with Crippen molar-refractivity contribution in [1.29, 1.82) is 0 Å². The van der Waals surface area contributed by atoms with Crippen LogP contribution in [0.2, 0.25) is 0 Å². The van der Waals surface area contributed by atoms with Crippen molar-refractivity contribution in [2.24, 2.45) is 7.05 Å². The van der Waals surface area contributed by atoms with E-state index in [9.17, 15) is 9.59 Å².